The molecule has 0 aliphatic carbocycles. The number of anilines is 1. The normalized spacial score (nSPS) is 10.3. The van der Waals surface area contributed by atoms with Crippen LogP contribution in [0.5, 0.6) is 0 Å². The molecule has 5 heteroatoms. The zero-order valence-electron chi connectivity index (χ0n) is 10.4. The molecule has 17 heavy (non-hydrogen) atoms. The summed E-state index contributed by atoms with van der Waals surface area (Å²) in [7, 11) is 0. The molecule has 0 bridgehead atoms. The molecule has 94 valence electrons. The molecule has 1 aromatic rings. The lowest BCUT2D eigenvalue weighted by Crippen LogP contribution is -2.12. The molecule has 0 aromatic carbocycles. The Labute approximate surface area is 106 Å². The van der Waals surface area contributed by atoms with Crippen molar-refractivity contribution >= 4 is 23.5 Å². The van der Waals surface area contributed by atoms with Gasteiger partial charge in [0, 0.05) is 12.2 Å². The van der Waals surface area contributed by atoms with Crippen LogP contribution in [0.1, 0.15) is 28.0 Å². The number of rotatable bonds is 6. The predicted octanol–water partition coefficient (Wildman–Crippen LogP) is 2.56. The summed E-state index contributed by atoms with van der Waals surface area (Å²) in [4.78, 5) is 15.4. The van der Waals surface area contributed by atoms with E-state index in [-0.39, 0.29) is 5.56 Å². The first-order valence-electron chi connectivity index (χ1n) is 5.50. The molecule has 1 heterocycles. The molecule has 2 N–H and O–H groups in total. The summed E-state index contributed by atoms with van der Waals surface area (Å²) >= 11 is 1.78. The van der Waals surface area contributed by atoms with Crippen LogP contribution < -0.4 is 5.32 Å². The molecule has 4 nitrogen and oxygen atoms in total. The highest BCUT2D eigenvalue weighted by Crippen LogP contribution is 2.18. The molecular weight excluding hydrogens is 236 g/mol. The van der Waals surface area contributed by atoms with E-state index in [2.05, 4.69) is 16.6 Å². The molecular formula is C12H18N2O2S. The minimum Gasteiger partial charge on any atom is -0.478 e. The highest BCUT2D eigenvalue weighted by Gasteiger charge is 2.14. The molecule has 0 aliphatic heterocycles. The Bertz CT molecular complexity index is 408. The Morgan fingerprint density at radius 1 is 1.53 bits per heavy atom. The fraction of sp³-hybridized carbons (Fsp3) is 0.500. The van der Waals surface area contributed by atoms with Gasteiger partial charge < -0.3 is 10.4 Å². The minimum absolute atomic E-state index is 0.278. The topological polar surface area (TPSA) is 62.2 Å². The molecule has 0 fully saturated rings. The van der Waals surface area contributed by atoms with Gasteiger partial charge in [-0.15, -0.1) is 0 Å². The Balaban J connectivity index is 2.85. The van der Waals surface area contributed by atoms with Gasteiger partial charge in [0.25, 0.3) is 0 Å². The largest absolute Gasteiger partial charge is 0.478 e. The Hall–Kier alpha value is -1.23. The van der Waals surface area contributed by atoms with E-state index in [0.717, 1.165) is 30.0 Å². The van der Waals surface area contributed by atoms with Crippen LogP contribution in [-0.2, 0) is 0 Å². The summed E-state index contributed by atoms with van der Waals surface area (Å²) in [5, 5.41) is 12.3. The van der Waals surface area contributed by atoms with Crippen molar-refractivity contribution in [2.75, 3.05) is 23.9 Å². The third kappa shape index (κ3) is 3.93. The number of aromatic carboxylic acids is 1. The maximum absolute atomic E-state index is 11.2. The van der Waals surface area contributed by atoms with Gasteiger partial charge in [-0.25, -0.2) is 9.78 Å². The lowest BCUT2D eigenvalue weighted by Gasteiger charge is -2.11. The lowest BCUT2D eigenvalue weighted by molar-refractivity contribution is 0.0697. The van der Waals surface area contributed by atoms with E-state index in [1.54, 1.807) is 24.8 Å². The SMILES string of the molecule is CSCCCNc1nc(C)cc(C)c1C(=O)O. The van der Waals surface area contributed by atoms with E-state index in [0.29, 0.717) is 5.82 Å². The molecule has 0 spiro atoms. The third-order valence-corrected chi connectivity index (χ3v) is 3.07. The van der Waals surface area contributed by atoms with Gasteiger partial charge in [0.15, 0.2) is 0 Å². The fourth-order valence-electron chi connectivity index (χ4n) is 1.66. The van der Waals surface area contributed by atoms with Crippen molar-refractivity contribution in [3.63, 3.8) is 0 Å². The second kappa shape index (κ2) is 6.49. The van der Waals surface area contributed by atoms with Gasteiger partial charge in [-0.1, -0.05) is 0 Å². The van der Waals surface area contributed by atoms with Crippen molar-refractivity contribution in [3.8, 4) is 0 Å². The number of nitrogens with zero attached hydrogens (tertiary/aromatic N) is 1. The van der Waals surface area contributed by atoms with Crippen molar-refractivity contribution in [2.24, 2.45) is 0 Å². The summed E-state index contributed by atoms with van der Waals surface area (Å²) in [5.74, 6) is 0.610. The highest BCUT2D eigenvalue weighted by atomic mass is 32.2. The van der Waals surface area contributed by atoms with Gasteiger partial charge in [0.2, 0.25) is 0 Å². The van der Waals surface area contributed by atoms with E-state index in [1.165, 1.54) is 0 Å². The molecule has 0 amide bonds. The van der Waals surface area contributed by atoms with Crippen LogP contribution in [-0.4, -0.2) is 34.6 Å². The van der Waals surface area contributed by atoms with Crippen LogP contribution >= 0.6 is 11.8 Å². The molecule has 1 rings (SSSR count). The zero-order valence-corrected chi connectivity index (χ0v) is 11.2. The second-order valence-electron chi connectivity index (χ2n) is 3.88. The van der Waals surface area contributed by atoms with Crippen molar-refractivity contribution in [1.82, 2.24) is 4.98 Å². The number of aryl methyl sites for hydroxylation is 2. The number of hydrogen-bond acceptors (Lipinski definition) is 4. The number of thioether (sulfide) groups is 1. The first-order chi connectivity index (χ1) is 8.06. The van der Waals surface area contributed by atoms with E-state index in [9.17, 15) is 4.79 Å². The number of hydrogen-bond donors (Lipinski definition) is 2. The monoisotopic (exact) mass is 254 g/mol. The van der Waals surface area contributed by atoms with Crippen LogP contribution in [0.15, 0.2) is 6.07 Å². The number of aromatic nitrogens is 1. The summed E-state index contributed by atoms with van der Waals surface area (Å²) in [6, 6.07) is 1.79. The summed E-state index contributed by atoms with van der Waals surface area (Å²) in [6.07, 6.45) is 3.05. The second-order valence-corrected chi connectivity index (χ2v) is 4.87. The maximum atomic E-state index is 11.2. The van der Waals surface area contributed by atoms with Crippen molar-refractivity contribution < 1.29 is 9.90 Å². The van der Waals surface area contributed by atoms with Crippen LogP contribution in [0.2, 0.25) is 0 Å². The zero-order chi connectivity index (χ0) is 12.8. The standard InChI is InChI=1S/C12H18N2O2S/c1-8-7-9(2)14-11(10(8)12(15)16)13-5-4-6-17-3/h7H,4-6H2,1-3H3,(H,13,14)(H,15,16). The highest BCUT2D eigenvalue weighted by molar-refractivity contribution is 7.98. The summed E-state index contributed by atoms with van der Waals surface area (Å²) in [5.41, 5.74) is 1.86. The van der Waals surface area contributed by atoms with Crippen molar-refractivity contribution in [1.29, 1.82) is 0 Å². The van der Waals surface area contributed by atoms with E-state index >= 15 is 0 Å². The smallest absolute Gasteiger partial charge is 0.339 e. The van der Waals surface area contributed by atoms with Gasteiger partial charge in [0.1, 0.15) is 11.4 Å². The van der Waals surface area contributed by atoms with Crippen LogP contribution in [0.3, 0.4) is 0 Å². The van der Waals surface area contributed by atoms with Gasteiger partial charge in [0.05, 0.1) is 0 Å². The number of pyridine rings is 1. The summed E-state index contributed by atoms with van der Waals surface area (Å²) < 4.78 is 0. The summed E-state index contributed by atoms with van der Waals surface area (Å²) in [6.45, 7) is 4.41. The lowest BCUT2D eigenvalue weighted by atomic mass is 10.1. The van der Waals surface area contributed by atoms with Gasteiger partial charge in [-0.2, -0.15) is 11.8 Å². The minimum atomic E-state index is -0.928. The Morgan fingerprint density at radius 2 is 2.24 bits per heavy atom. The third-order valence-electron chi connectivity index (χ3n) is 2.38. The fourth-order valence-corrected chi connectivity index (χ4v) is 2.09. The molecule has 0 aliphatic rings. The number of carboxylic acids is 1. The van der Waals surface area contributed by atoms with Crippen molar-refractivity contribution in [3.05, 3.63) is 22.9 Å². The first-order valence-corrected chi connectivity index (χ1v) is 6.90. The van der Waals surface area contributed by atoms with Gasteiger partial charge in [-0.05, 0) is 43.9 Å². The number of nitrogens with one attached hydrogen (secondary N) is 1. The Kier molecular flexibility index (Phi) is 5.28. The van der Waals surface area contributed by atoms with E-state index in [4.69, 9.17) is 5.11 Å². The predicted molar refractivity (Wildman–Crippen MR) is 72.2 cm³/mol. The van der Waals surface area contributed by atoms with Crippen LogP contribution in [0, 0.1) is 13.8 Å². The molecule has 0 radical (unpaired) electrons. The average Bonchev–Trinajstić information content (AvgIpc) is 2.22. The van der Waals surface area contributed by atoms with E-state index in [1.807, 2.05) is 6.92 Å². The van der Waals surface area contributed by atoms with Gasteiger partial charge >= 0.3 is 5.97 Å². The first kappa shape index (κ1) is 13.8. The van der Waals surface area contributed by atoms with Crippen LogP contribution in [0.4, 0.5) is 5.82 Å². The maximum Gasteiger partial charge on any atom is 0.339 e. The molecule has 0 atom stereocenters. The van der Waals surface area contributed by atoms with Crippen molar-refractivity contribution in [2.45, 2.75) is 20.3 Å². The molecule has 0 saturated heterocycles. The number of carbonyl (C=O) groups is 1. The molecule has 0 saturated carbocycles. The van der Waals surface area contributed by atoms with E-state index < -0.39 is 5.97 Å². The molecule has 0 unspecified atom stereocenters. The number of carboxylic acid groups (broad SMARTS) is 1. The van der Waals surface area contributed by atoms with Crippen LogP contribution in [0.25, 0.3) is 0 Å². The quantitative estimate of drug-likeness (QED) is 0.764. The molecule has 1 aromatic heterocycles. The Morgan fingerprint density at radius 3 is 2.82 bits per heavy atom. The van der Waals surface area contributed by atoms with Gasteiger partial charge in [-0.3, -0.25) is 0 Å². The average molecular weight is 254 g/mol.